The summed E-state index contributed by atoms with van der Waals surface area (Å²) in [5, 5.41) is 4.59. The van der Waals surface area contributed by atoms with Gasteiger partial charge >= 0.3 is 0 Å². The van der Waals surface area contributed by atoms with Crippen molar-refractivity contribution in [1.82, 2.24) is 14.5 Å². The van der Waals surface area contributed by atoms with Crippen LogP contribution in [0.4, 0.5) is 5.69 Å². The van der Waals surface area contributed by atoms with Gasteiger partial charge in [0.15, 0.2) is 5.65 Å². The average molecular weight is 290 g/mol. The lowest BCUT2D eigenvalue weighted by molar-refractivity contribution is 0.979. The van der Waals surface area contributed by atoms with E-state index < -0.39 is 0 Å². The SMILES string of the molecule is CCCNc1ccc2c(c1)c1nc3ccccc3nc1n2C. The number of hydrogen-bond donors (Lipinski definition) is 1. The van der Waals surface area contributed by atoms with Gasteiger partial charge in [-0.15, -0.1) is 0 Å². The van der Waals surface area contributed by atoms with Crippen LogP contribution >= 0.6 is 0 Å². The molecule has 0 radical (unpaired) electrons. The van der Waals surface area contributed by atoms with E-state index in [1.165, 1.54) is 0 Å². The molecule has 22 heavy (non-hydrogen) atoms. The van der Waals surface area contributed by atoms with Crippen molar-refractivity contribution in [2.24, 2.45) is 7.05 Å². The highest BCUT2D eigenvalue weighted by atomic mass is 15.0. The van der Waals surface area contributed by atoms with Gasteiger partial charge in [-0.2, -0.15) is 0 Å². The first-order valence-electron chi connectivity index (χ1n) is 7.66. The van der Waals surface area contributed by atoms with Gasteiger partial charge < -0.3 is 9.88 Å². The molecule has 0 aliphatic rings. The molecule has 4 aromatic rings. The molecule has 2 heterocycles. The molecule has 0 aliphatic carbocycles. The molecule has 0 saturated carbocycles. The van der Waals surface area contributed by atoms with Gasteiger partial charge in [-0.1, -0.05) is 19.1 Å². The minimum Gasteiger partial charge on any atom is -0.385 e. The van der Waals surface area contributed by atoms with Gasteiger partial charge in [0.25, 0.3) is 0 Å². The molecule has 0 saturated heterocycles. The summed E-state index contributed by atoms with van der Waals surface area (Å²) in [7, 11) is 2.05. The van der Waals surface area contributed by atoms with Crippen LogP contribution in [0.15, 0.2) is 42.5 Å². The van der Waals surface area contributed by atoms with Crippen molar-refractivity contribution in [1.29, 1.82) is 0 Å². The van der Waals surface area contributed by atoms with E-state index >= 15 is 0 Å². The van der Waals surface area contributed by atoms with Crippen LogP contribution in [0.3, 0.4) is 0 Å². The maximum Gasteiger partial charge on any atom is 0.160 e. The zero-order valence-electron chi connectivity index (χ0n) is 12.8. The van der Waals surface area contributed by atoms with Crippen LogP contribution in [-0.2, 0) is 7.05 Å². The topological polar surface area (TPSA) is 42.7 Å². The molecule has 0 atom stereocenters. The summed E-state index contributed by atoms with van der Waals surface area (Å²) in [4.78, 5) is 9.62. The lowest BCUT2D eigenvalue weighted by Gasteiger charge is -2.04. The Bertz CT molecular complexity index is 985. The van der Waals surface area contributed by atoms with Crippen LogP contribution in [0.1, 0.15) is 13.3 Å². The molecule has 0 spiro atoms. The Labute approximate surface area is 128 Å². The largest absolute Gasteiger partial charge is 0.385 e. The first-order chi connectivity index (χ1) is 10.8. The second-order valence-electron chi connectivity index (χ2n) is 5.60. The molecule has 2 aromatic heterocycles. The third-order valence-electron chi connectivity index (χ3n) is 4.06. The molecule has 0 bridgehead atoms. The highest BCUT2D eigenvalue weighted by Crippen LogP contribution is 2.29. The molecule has 4 rings (SSSR count). The molecule has 0 aliphatic heterocycles. The van der Waals surface area contributed by atoms with E-state index in [1.807, 2.05) is 31.3 Å². The van der Waals surface area contributed by atoms with Crippen LogP contribution < -0.4 is 5.32 Å². The minimum atomic E-state index is 0.932. The molecule has 0 amide bonds. The zero-order valence-corrected chi connectivity index (χ0v) is 12.8. The van der Waals surface area contributed by atoms with Crippen LogP contribution in [-0.4, -0.2) is 21.1 Å². The van der Waals surface area contributed by atoms with Crippen molar-refractivity contribution in [3.05, 3.63) is 42.5 Å². The van der Waals surface area contributed by atoms with E-state index in [9.17, 15) is 0 Å². The molecule has 2 aromatic carbocycles. The van der Waals surface area contributed by atoms with E-state index in [2.05, 4.69) is 35.0 Å². The first-order valence-corrected chi connectivity index (χ1v) is 7.66. The van der Waals surface area contributed by atoms with Gasteiger partial charge in [-0.3, -0.25) is 0 Å². The minimum absolute atomic E-state index is 0.932. The maximum atomic E-state index is 4.84. The monoisotopic (exact) mass is 290 g/mol. The molecule has 110 valence electrons. The van der Waals surface area contributed by atoms with Gasteiger partial charge in [0, 0.05) is 24.7 Å². The van der Waals surface area contributed by atoms with Crippen LogP contribution in [0.2, 0.25) is 0 Å². The Morgan fingerprint density at radius 1 is 1.05 bits per heavy atom. The number of anilines is 1. The van der Waals surface area contributed by atoms with Crippen molar-refractivity contribution in [2.45, 2.75) is 13.3 Å². The van der Waals surface area contributed by atoms with E-state index in [-0.39, 0.29) is 0 Å². The number of nitrogens with zero attached hydrogens (tertiary/aromatic N) is 3. The Morgan fingerprint density at radius 2 is 1.82 bits per heavy atom. The fourth-order valence-corrected chi connectivity index (χ4v) is 2.92. The molecule has 4 nitrogen and oxygen atoms in total. The number of fused-ring (bicyclic) bond motifs is 4. The molecule has 0 fully saturated rings. The van der Waals surface area contributed by atoms with Crippen molar-refractivity contribution in [3.8, 4) is 0 Å². The van der Waals surface area contributed by atoms with Gasteiger partial charge in [-0.25, -0.2) is 9.97 Å². The summed E-state index contributed by atoms with van der Waals surface area (Å²) < 4.78 is 2.12. The molecular weight excluding hydrogens is 272 g/mol. The zero-order chi connectivity index (χ0) is 15.1. The van der Waals surface area contributed by atoms with Gasteiger partial charge in [-0.05, 0) is 36.8 Å². The molecule has 0 unspecified atom stereocenters. The quantitative estimate of drug-likeness (QED) is 0.618. The fraction of sp³-hybridized carbons (Fsp3) is 0.222. The third-order valence-corrected chi connectivity index (χ3v) is 4.06. The molecule has 1 N–H and O–H groups in total. The molecule has 4 heteroatoms. The second-order valence-corrected chi connectivity index (χ2v) is 5.60. The first kappa shape index (κ1) is 13.1. The summed E-state index contributed by atoms with van der Waals surface area (Å²) in [6.45, 7) is 3.14. The molecular formula is C18H18N4. The van der Waals surface area contributed by atoms with E-state index in [0.717, 1.165) is 51.8 Å². The predicted octanol–water partition coefficient (Wildman–Crippen LogP) is 4.10. The number of rotatable bonds is 3. The predicted molar refractivity (Wildman–Crippen MR) is 92.3 cm³/mol. The number of benzene rings is 2. The van der Waals surface area contributed by atoms with Crippen LogP contribution in [0, 0.1) is 0 Å². The average Bonchev–Trinajstić information content (AvgIpc) is 2.83. The summed E-state index contributed by atoms with van der Waals surface area (Å²) >= 11 is 0. The highest BCUT2D eigenvalue weighted by molar-refractivity contribution is 6.07. The normalized spacial score (nSPS) is 11.5. The smallest absolute Gasteiger partial charge is 0.160 e. The van der Waals surface area contributed by atoms with Gasteiger partial charge in [0.05, 0.1) is 16.6 Å². The lowest BCUT2D eigenvalue weighted by Crippen LogP contribution is -1.99. The van der Waals surface area contributed by atoms with Crippen molar-refractivity contribution >= 4 is 38.8 Å². The Kier molecular flexibility index (Phi) is 2.96. The second kappa shape index (κ2) is 4.98. The lowest BCUT2D eigenvalue weighted by atomic mass is 10.2. The summed E-state index contributed by atoms with van der Waals surface area (Å²) in [5.74, 6) is 0. The standard InChI is InChI=1S/C18H18N4/c1-3-10-19-12-8-9-16-13(11-12)17-18(22(16)2)21-15-7-5-4-6-14(15)20-17/h4-9,11,19H,3,10H2,1-2H3. The number of para-hydroxylation sites is 2. The third kappa shape index (κ3) is 1.91. The van der Waals surface area contributed by atoms with Gasteiger partial charge in [0.1, 0.15) is 5.52 Å². The van der Waals surface area contributed by atoms with E-state index in [4.69, 9.17) is 9.97 Å². The van der Waals surface area contributed by atoms with E-state index in [0.29, 0.717) is 0 Å². The highest BCUT2D eigenvalue weighted by Gasteiger charge is 2.12. The number of nitrogens with one attached hydrogen (secondary N) is 1. The van der Waals surface area contributed by atoms with E-state index in [1.54, 1.807) is 0 Å². The fourth-order valence-electron chi connectivity index (χ4n) is 2.92. The van der Waals surface area contributed by atoms with Crippen LogP contribution in [0.5, 0.6) is 0 Å². The number of hydrogen-bond acceptors (Lipinski definition) is 3. The van der Waals surface area contributed by atoms with Crippen molar-refractivity contribution in [3.63, 3.8) is 0 Å². The maximum absolute atomic E-state index is 4.84. The van der Waals surface area contributed by atoms with Crippen molar-refractivity contribution in [2.75, 3.05) is 11.9 Å². The van der Waals surface area contributed by atoms with Crippen molar-refractivity contribution < 1.29 is 0 Å². The summed E-state index contributed by atoms with van der Waals surface area (Å²) in [5.41, 5.74) is 6.07. The summed E-state index contributed by atoms with van der Waals surface area (Å²) in [6.07, 6.45) is 1.11. The Morgan fingerprint density at radius 3 is 2.59 bits per heavy atom. The summed E-state index contributed by atoms with van der Waals surface area (Å²) in [6, 6.07) is 14.5. The number of aromatic nitrogens is 3. The number of aryl methyl sites for hydroxylation is 1. The Balaban J connectivity index is 2.03. The Hall–Kier alpha value is -2.62. The van der Waals surface area contributed by atoms with Gasteiger partial charge in [0.2, 0.25) is 0 Å². The van der Waals surface area contributed by atoms with Crippen LogP contribution in [0.25, 0.3) is 33.1 Å².